The summed E-state index contributed by atoms with van der Waals surface area (Å²) in [7, 11) is 2.10. The fraction of sp³-hybridized carbons (Fsp3) is 0.312. The number of hydrogen-bond acceptors (Lipinski definition) is 6. The van der Waals surface area contributed by atoms with Gasteiger partial charge in [0.2, 0.25) is 5.95 Å². The van der Waals surface area contributed by atoms with Crippen LogP contribution < -0.4 is 10.5 Å². The van der Waals surface area contributed by atoms with Gasteiger partial charge in [-0.2, -0.15) is 4.98 Å². The molecule has 0 radical (unpaired) electrons. The third-order valence-electron chi connectivity index (χ3n) is 4.18. The van der Waals surface area contributed by atoms with Crippen molar-refractivity contribution < 1.29 is 0 Å². The Bertz CT molecular complexity index is 881. The van der Waals surface area contributed by atoms with Crippen molar-refractivity contribution >= 4 is 28.3 Å². The Balaban J connectivity index is 1.82. The molecule has 1 N–H and O–H groups in total. The maximum atomic E-state index is 12.7. The molecule has 3 aromatic rings. The van der Waals surface area contributed by atoms with E-state index in [-0.39, 0.29) is 5.56 Å². The molecule has 118 valence electrons. The highest BCUT2D eigenvalue weighted by molar-refractivity contribution is 7.13. The van der Waals surface area contributed by atoms with Crippen LogP contribution in [0.5, 0.6) is 0 Å². The highest BCUT2D eigenvalue weighted by Gasteiger charge is 2.18. The molecule has 0 spiro atoms. The lowest BCUT2D eigenvalue weighted by atomic mass is 10.1. The van der Waals surface area contributed by atoms with E-state index >= 15 is 0 Å². The van der Waals surface area contributed by atoms with Gasteiger partial charge in [0.15, 0.2) is 5.65 Å². The van der Waals surface area contributed by atoms with Crippen LogP contribution in [0.25, 0.3) is 21.5 Å². The average Bonchev–Trinajstić information content (AvgIpc) is 3.09. The summed E-state index contributed by atoms with van der Waals surface area (Å²) >= 11 is 1.61. The summed E-state index contributed by atoms with van der Waals surface area (Å²) in [6.07, 6.45) is 1.72. The number of nitrogens with zero attached hydrogens (tertiary/aromatic N) is 4. The van der Waals surface area contributed by atoms with Gasteiger partial charge in [0.05, 0.1) is 5.39 Å². The van der Waals surface area contributed by atoms with Gasteiger partial charge >= 0.3 is 0 Å². The van der Waals surface area contributed by atoms with Crippen LogP contribution in [0, 0.1) is 0 Å². The Labute approximate surface area is 137 Å². The Morgan fingerprint density at radius 2 is 2.04 bits per heavy atom. The first kappa shape index (κ1) is 14.3. The van der Waals surface area contributed by atoms with Gasteiger partial charge in [-0.05, 0) is 24.6 Å². The minimum absolute atomic E-state index is 0.125. The molecule has 3 aromatic heterocycles. The monoisotopic (exact) mass is 327 g/mol. The van der Waals surface area contributed by atoms with E-state index in [0.29, 0.717) is 17.0 Å². The van der Waals surface area contributed by atoms with Gasteiger partial charge in [-0.15, -0.1) is 11.3 Å². The van der Waals surface area contributed by atoms with Crippen LogP contribution in [0.15, 0.2) is 34.6 Å². The third-order valence-corrected chi connectivity index (χ3v) is 5.09. The van der Waals surface area contributed by atoms with Crippen molar-refractivity contribution in [1.29, 1.82) is 0 Å². The van der Waals surface area contributed by atoms with Crippen LogP contribution in [0.1, 0.15) is 0 Å². The number of aromatic nitrogens is 3. The number of H-pyrrole nitrogens is 1. The number of piperazine rings is 1. The zero-order valence-corrected chi connectivity index (χ0v) is 13.6. The molecule has 1 aliphatic heterocycles. The van der Waals surface area contributed by atoms with Crippen molar-refractivity contribution in [3.05, 3.63) is 40.1 Å². The average molecular weight is 327 g/mol. The quantitative estimate of drug-likeness (QED) is 0.777. The summed E-state index contributed by atoms with van der Waals surface area (Å²) in [5.41, 5.74) is 1.28. The second kappa shape index (κ2) is 5.75. The van der Waals surface area contributed by atoms with Crippen LogP contribution in [0.4, 0.5) is 5.95 Å². The number of thiophene rings is 1. The molecular formula is C16H17N5OS. The first-order valence-electron chi connectivity index (χ1n) is 7.59. The number of nitrogens with one attached hydrogen (secondary N) is 1. The molecule has 23 heavy (non-hydrogen) atoms. The largest absolute Gasteiger partial charge is 0.340 e. The fourth-order valence-corrected chi connectivity index (χ4v) is 3.61. The second-order valence-corrected chi connectivity index (χ2v) is 6.66. The van der Waals surface area contributed by atoms with E-state index in [1.165, 1.54) is 0 Å². The predicted molar refractivity (Wildman–Crippen MR) is 93.2 cm³/mol. The second-order valence-electron chi connectivity index (χ2n) is 5.71. The fourth-order valence-electron chi connectivity index (χ4n) is 2.86. The third kappa shape index (κ3) is 2.62. The van der Waals surface area contributed by atoms with Gasteiger partial charge in [0.25, 0.3) is 5.56 Å². The standard InChI is InChI=1S/C16H17N5OS/c1-20-6-8-21(9-7-20)16-18-14-13(15(22)19-16)11(4-5-17-14)12-3-2-10-23-12/h2-5,10H,6-9H2,1H3,(H,17,18,19,22). The summed E-state index contributed by atoms with van der Waals surface area (Å²) in [6.45, 7) is 3.64. The van der Waals surface area contributed by atoms with Crippen molar-refractivity contribution in [1.82, 2.24) is 19.9 Å². The summed E-state index contributed by atoms with van der Waals surface area (Å²) in [6, 6.07) is 5.86. The maximum absolute atomic E-state index is 12.7. The summed E-state index contributed by atoms with van der Waals surface area (Å²) < 4.78 is 0. The number of rotatable bonds is 2. The molecule has 0 unspecified atom stereocenters. The molecule has 0 aromatic carbocycles. The maximum Gasteiger partial charge on any atom is 0.262 e. The molecule has 4 rings (SSSR count). The Morgan fingerprint density at radius 1 is 1.22 bits per heavy atom. The molecule has 4 heterocycles. The molecule has 1 saturated heterocycles. The van der Waals surface area contributed by atoms with Gasteiger partial charge in [0, 0.05) is 42.8 Å². The number of likely N-dealkylation sites (N-methyl/N-ethyl adjacent to an activating group) is 1. The summed E-state index contributed by atoms with van der Waals surface area (Å²) in [5, 5.41) is 2.56. The van der Waals surface area contributed by atoms with Gasteiger partial charge in [-0.25, -0.2) is 4.98 Å². The van der Waals surface area contributed by atoms with Crippen molar-refractivity contribution in [3.8, 4) is 10.4 Å². The molecule has 0 amide bonds. The molecule has 0 bridgehead atoms. The van der Waals surface area contributed by atoms with Gasteiger partial charge in [0.1, 0.15) is 0 Å². The highest BCUT2D eigenvalue weighted by Crippen LogP contribution is 2.28. The van der Waals surface area contributed by atoms with Crippen molar-refractivity contribution in [3.63, 3.8) is 0 Å². The van der Waals surface area contributed by atoms with Crippen molar-refractivity contribution in [2.45, 2.75) is 0 Å². The van der Waals surface area contributed by atoms with E-state index < -0.39 is 0 Å². The van der Waals surface area contributed by atoms with Crippen LogP contribution >= 0.6 is 11.3 Å². The van der Waals surface area contributed by atoms with Crippen molar-refractivity contribution in [2.75, 3.05) is 38.1 Å². The molecule has 0 aliphatic carbocycles. The van der Waals surface area contributed by atoms with E-state index in [0.717, 1.165) is 36.6 Å². The van der Waals surface area contributed by atoms with E-state index in [1.54, 1.807) is 17.5 Å². The number of fused-ring (bicyclic) bond motifs is 1. The molecule has 6 nitrogen and oxygen atoms in total. The van der Waals surface area contributed by atoms with Crippen LogP contribution in [-0.2, 0) is 0 Å². The van der Waals surface area contributed by atoms with Crippen LogP contribution in [0.2, 0.25) is 0 Å². The highest BCUT2D eigenvalue weighted by atomic mass is 32.1. The van der Waals surface area contributed by atoms with Crippen molar-refractivity contribution in [2.24, 2.45) is 0 Å². The zero-order valence-electron chi connectivity index (χ0n) is 12.8. The first-order chi connectivity index (χ1) is 11.2. The lowest BCUT2D eigenvalue weighted by Gasteiger charge is -2.32. The number of hydrogen-bond donors (Lipinski definition) is 1. The molecule has 0 atom stereocenters. The smallest absolute Gasteiger partial charge is 0.262 e. The predicted octanol–water partition coefficient (Wildman–Crippen LogP) is 1.80. The minimum Gasteiger partial charge on any atom is -0.340 e. The first-order valence-corrected chi connectivity index (χ1v) is 8.47. The lowest BCUT2D eigenvalue weighted by Crippen LogP contribution is -2.45. The Hall–Kier alpha value is -2.25. The minimum atomic E-state index is -0.125. The van der Waals surface area contributed by atoms with E-state index in [1.807, 2.05) is 23.6 Å². The van der Waals surface area contributed by atoms with Crippen LogP contribution in [0.3, 0.4) is 0 Å². The topological polar surface area (TPSA) is 65.1 Å². The lowest BCUT2D eigenvalue weighted by molar-refractivity contribution is 0.311. The molecular weight excluding hydrogens is 310 g/mol. The number of pyridine rings is 1. The summed E-state index contributed by atoms with van der Waals surface area (Å²) in [4.78, 5) is 29.9. The Kier molecular flexibility index (Phi) is 3.59. The summed E-state index contributed by atoms with van der Waals surface area (Å²) in [5.74, 6) is 0.617. The number of anilines is 1. The SMILES string of the molecule is CN1CCN(c2nc3nccc(-c4cccs4)c3c(=O)[nH]2)CC1. The van der Waals surface area contributed by atoms with E-state index in [9.17, 15) is 4.79 Å². The molecule has 0 saturated carbocycles. The zero-order chi connectivity index (χ0) is 15.8. The van der Waals surface area contributed by atoms with Gasteiger partial charge in [-0.1, -0.05) is 6.07 Å². The number of aromatic amines is 1. The van der Waals surface area contributed by atoms with E-state index in [4.69, 9.17) is 0 Å². The molecule has 7 heteroatoms. The van der Waals surface area contributed by atoms with E-state index in [2.05, 4.69) is 31.8 Å². The molecule has 1 aliphatic rings. The normalized spacial score (nSPS) is 16.1. The van der Waals surface area contributed by atoms with Gasteiger partial charge in [-0.3, -0.25) is 9.78 Å². The van der Waals surface area contributed by atoms with Gasteiger partial charge < -0.3 is 9.80 Å². The molecule has 1 fully saturated rings. The Morgan fingerprint density at radius 3 is 2.78 bits per heavy atom. The van der Waals surface area contributed by atoms with Crippen LogP contribution in [-0.4, -0.2) is 53.1 Å².